The van der Waals surface area contributed by atoms with E-state index in [0.717, 1.165) is 5.75 Å². The topological polar surface area (TPSA) is 21.3 Å². The van der Waals surface area contributed by atoms with Gasteiger partial charge in [-0.05, 0) is 38.7 Å². The van der Waals surface area contributed by atoms with Gasteiger partial charge in [-0.15, -0.1) is 0 Å². The summed E-state index contributed by atoms with van der Waals surface area (Å²) in [4.78, 5) is 0. The van der Waals surface area contributed by atoms with Crippen molar-refractivity contribution >= 4 is 0 Å². The minimum Gasteiger partial charge on any atom is -0.490 e. The Morgan fingerprint density at radius 2 is 1.78 bits per heavy atom. The molecule has 1 atom stereocenters. The number of rotatable bonds is 5. The van der Waals surface area contributed by atoms with E-state index in [1.165, 1.54) is 31.2 Å². The summed E-state index contributed by atoms with van der Waals surface area (Å²) in [6, 6.07) is 9.25. The molecule has 1 aliphatic rings. The molecule has 1 N–H and O–H groups in total. The largest absolute Gasteiger partial charge is 0.490 e. The lowest BCUT2D eigenvalue weighted by molar-refractivity contribution is 0.206. The Hall–Kier alpha value is -1.02. The van der Waals surface area contributed by atoms with Crippen molar-refractivity contribution in [2.45, 2.75) is 64.6 Å². The summed E-state index contributed by atoms with van der Waals surface area (Å²) >= 11 is 0. The Labute approximate surface area is 111 Å². The summed E-state index contributed by atoms with van der Waals surface area (Å²) in [6.45, 7) is 6.56. The van der Waals surface area contributed by atoms with Gasteiger partial charge in [0.1, 0.15) is 5.75 Å². The smallest absolute Gasteiger partial charge is 0.124 e. The molecule has 0 radical (unpaired) electrons. The summed E-state index contributed by atoms with van der Waals surface area (Å²) in [7, 11) is 0. The molecule has 0 heterocycles. The van der Waals surface area contributed by atoms with Crippen LogP contribution in [0.5, 0.6) is 5.75 Å². The molecule has 0 spiro atoms. The number of para-hydroxylation sites is 1. The fourth-order valence-electron chi connectivity index (χ4n) is 2.72. The predicted octanol–water partition coefficient (Wildman–Crippen LogP) is 4.07. The normalized spacial score (nSPS) is 18.2. The van der Waals surface area contributed by atoms with Crippen LogP contribution in [0.4, 0.5) is 0 Å². The first-order valence-electron chi connectivity index (χ1n) is 7.18. The third kappa shape index (κ3) is 3.49. The summed E-state index contributed by atoms with van der Waals surface area (Å²) in [5, 5.41) is 3.54. The Morgan fingerprint density at radius 3 is 2.44 bits per heavy atom. The molecule has 1 aliphatic carbocycles. The molecule has 1 fully saturated rings. The molecule has 0 amide bonds. The molecule has 1 aromatic carbocycles. The molecular formula is C16H25NO. The highest BCUT2D eigenvalue weighted by atomic mass is 16.5. The van der Waals surface area contributed by atoms with Gasteiger partial charge in [-0.2, -0.15) is 0 Å². The molecule has 2 heteroatoms. The molecule has 0 aliphatic heterocycles. The van der Waals surface area contributed by atoms with E-state index in [2.05, 4.69) is 50.4 Å². The van der Waals surface area contributed by atoms with Crippen LogP contribution >= 0.6 is 0 Å². The minimum atomic E-state index is 0.336. The zero-order chi connectivity index (χ0) is 13.0. The molecule has 0 saturated heterocycles. The van der Waals surface area contributed by atoms with Crippen LogP contribution in [0.2, 0.25) is 0 Å². The third-order valence-corrected chi connectivity index (χ3v) is 3.56. The quantitative estimate of drug-likeness (QED) is 0.847. The van der Waals surface area contributed by atoms with Crippen LogP contribution in [0.25, 0.3) is 0 Å². The standard InChI is InChI=1S/C16H25NO/c1-12(2)17-13(3)15-10-6-7-11-16(15)18-14-8-4-5-9-14/h6-7,10-14,17H,4-5,8-9H2,1-3H3/t13-/m1/s1. The number of nitrogens with one attached hydrogen (secondary N) is 1. The van der Waals surface area contributed by atoms with Crippen molar-refractivity contribution in [2.75, 3.05) is 0 Å². The Morgan fingerprint density at radius 1 is 1.11 bits per heavy atom. The second-order valence-electron chi connectivity index (χ2n) is 5.61. The number of hydrogen-bond acceptors (Lipinski definition) is 2. The maximum Gasteiger partial charge on any atom is 0.124 e. The highest BCUT2D eigenvalue weighted by molar-refractivity contribution is 5.35. The Balaban J connectivity index is 2.08. The molecule has 0 unspecified atom stereocenters. The van der Waals surface area contributed by atoms with E-state index in [-0.39, 0.29) is 0 Å². The van der Waals surface area contributed by atoms with E-state index in [4.69, 9.17) is 4.74 Å². The zero-order valence-corrected chi connectivity index (χ0v) is 11.8. The van der Waals surface area contributed by atoms with Crippen LogP contribution in [0.15, 0.2) is 24.3 Å². The number of benzene rings is 1. The first kappa shape index (κ1) is 13.4. The van der Waals surface area contributed by atoms with E-state index in [1.807, 2.05) is 0 Å². The van der Waals surface area contributed by atoms with Crippen LogP contribution in [-0.4, -0.2) is 12.1 Å². The van der Waals surface area contributed by atoms with Crippen molar-refractivity contribution < 1.29 is 4.74 Å². The third-order valence-electron chi connectivity index (χ3n) is 3.56. The van der Waals surface area contributed by atoms with Gasteiger partial charge in [0.05, 0.1) is 6.10 Å². The summed E-state index contributed by atoms with van der Waals surface area (Å²) in [6.07, 6.45) is 5.47. The van der Waals surface area contributed by atoms with E-state index in [9.17, 15) is 0 Å². The van der Waals surface area contributed by atoms with Gasteiger partial charge in [0, 0.05) is 17.6 Å². The van der Waals surface area contributed by atoms with E-state index in [0.29, 0.717) is 18.2 Å². The minimum absolute atomic E-state index is 0.336. The van der Waals surface area contributed by atoms with Crippen molar-refractivity contribution in [3.63, 3.8) is 0 Å². The molecule has 1 saturated carbocycles. The fraction of sp³-hybridized carbons (Fsp3) is 0.625. The lowest BCUT2D eigenvalue weighted by atomic mass is 10.1. The molecule has 18 heavy (non-hydrogen) atoms. The van der Waals surface area contributed by atoms with E-state index >= 15 is 0 Å². The van der Waals surface area contributed by atoms with Crippen LogP contribution in [0.3, 0.4) is 0 Å². The summed E-state index contributed by atoms with van der Waals surface area (Å²) in [5.74, 6) is 1.06. The van der Waals surface area contributed by atoms with Crippen molar-refractivity contribution in [1.82, 2.24) is 5.32 Å². The van der Waals surface area contributed by atoms with Gasteiger partial charge in [-0.3, -0.25) is 0 Å². The highest BCUT2D eigenvalue weighted by Gasteiger charge is 2.19. The van der Waals surface area contributed by atoms with Crippen LogP contribution in [-0.2, 0) is 0 Å². The molecule has 100 valence electrons. The zero-order valence-electron chi connectivity index (χ0n) is 11.8. The first-order chi connectivity index (χ1) is 8.66. The second-order valence-corrected chi connectivity index (χ2v) is 5.61. The first-order valence-corrected chi connectivity index (χ1v) is 7.18. The fourth-order valence-corrected chi connectivity index (χ4v) is 2.72. The van der Waals surface area contributed by atoms with Gasteiger partial charge in [0.25, 0.3) is 0 Å². The maximum atomic E-state index is 6.17. The summed E-state index contributed by atoms with van der Waals surface area (Å²) < 4.78 is 6.17. The second kappa shape index (κ2) is 6.24. The highest BCUT2D eigenvalue weighted by Crippen LogP contribution is 2.29. The van der Waals surface area contributed by atoms with E-state index < -0.39 is 0 Å². The van der Waals surface area contributed by atoms with Crippen LogP contribution < -0.4 is 10.1 Å². The predicted molar refractivity (Wildman–Crippen MR) is 76.0 cm³/mol. The van der Waals surface area contributed by atoms with Crippen molar-refractivity contribution in [3.8, 4) is 5.75 Å². The molecule has 2 rings (SSSR count). The molecular weight excluding hydrogens is 222 g/mol. The monoisotopic (exact) mass is 247 g/mol. The maximum absolute atomic E-state index is 6.17. The van der Waals surface area contributed by atoms with E-state index in [1.54, 1.807) is 0 Å². The average Bonchev–Trinajstić information content (AvgIpc) is 2.81. The van der Waals surface area contributed by atoms with Gasteiger partial charge in [-0.1, -0.05) is 32.0 Å². The summed E-state index contributed by atoms with van der Waals surface area (Å²) in [5.41, 5.74) is 1.28. The van der Waals surface area contributed by atoms with Crippen molar-refractivity contribution in [1.29, 1.82) is 0 Å². The Kier molecular flexibility index (Phi) is 4.65. The van der Waals surface area contributed by atoms with Gasteiger partial charge < -0.3 is 10.1 Å². The van der Waals surface area contributed by atoms with Gasteiger partial charge in [-0.25, -0.2) is 0 Å². The van der Waals surface area contributed by atoms with Crippen LogP contribution in [0.1, 0.15) is 58.1 Å². The number of ether oxygens (including phenoxy) is 1. The lowest BCUT2D eigenvalue weighted by Gasteiger charge is -2.22. The molecule has 0 bridgehead atoms. The van der Waals surface area contributed by atoms with Gasteiger partial charge >= 0.3 is 0 Å². The van der Waals surface area contributed by atoms with Crippen molar-refractivity contribution in [3.05, 3.63) is 29.8 Å². The van der Waals surface area contributed by atoms with Crippen LogP contribution in [0, 0.1) is 0 Å². The number of hydrogen-bond donors (Lipinski definition) is 1. The molecule has 1 aromatic rings. The van der Waals surface area contributed by atoms with Gasteiger partial charge in [0.2, 0.25) is 0 Å². The SMILES string of the molecule is CC(C)N[C@H](C)c1ccccc1OC1CCCC1. The Bertz CT molecular complexity index is 369. The molecule has 0 aromatic heterocycles. The average molecular weight is 247 g/mol. The molecule has 2 nitrogen and oxygen atoms in total. The van der Waals surface area contributed by atoms with Crippen molar-refractivity contribution in [2.24, 2.45) is 0 Å². The van der Waals surface area contributed by atoms with Gasteiger partial charge in [0.15, 0.2) is 0 Å². The lowest BCUT2D eigenvalue weighted by Crippen LogP contribution is -2.26.